The monoisotopic (exact) mass is 272 g/mol. The average molecular weight is 272 g/mol. The number of hydrogen-bond donors (Lipinski definition) is 1. The third-order valence-corrected chi connectivity index (χ3v) is 4.58. The normalized spacial score (nSPS) is 10.7. The van der Waals surface area contributed by atoms with Gasteiger partial charge in [-0.1, -0.05) is 6.07 Å². The molecule has 2 N–H and O–H groups in total. The highest BCUT2D eigenvalue weighted by Crippen LogP contribution is 2.32. The predicted molar refractivity (Wildman–Crippen MR) is 80.0 cm³/mol. The van der Waals surface area contributed by atoms with E-state index in [1.165, 1.54) is 4.88 Å². The van der Waals surface area contributed by atoms with Crippen molar-refractivity contribution in [3.8, 4) is 21.1 Å². The Bertz CT molecular complexity index is 669. The van der Waals surface area contributed by atoms with E-state index in [1.54, 1.807) is 22.7 Å². The molecule has 0 saturated heterocycles. The van der Waals surface area contributed by atoms with E-state index in [2.05, 4.69) is 27.9 Å². The summed E-state index contributed by atoms with van der Waals surface area (Å²) in [4.78, 5) is 5.89. The van der Waals surface area contributed by atoms with Gasteiger partial charge in [-0.15, -0.1) is 22.7 Å². The molecule has 0 fully saturated rings. The first-order chi connectivity index (χ1) is 8.74. The molecule has 0 spiro atoms. The highest BCUT2D eigenvalue weighted by Gasteiger charge is 2.08. The number of rotatable bonds is 2. The third kappa shape index (κ3) is 2.05. The van der Waals surface area contributed by atoms with Crippen molar-refractivity contribution in [3.05, 3.63) is 46.7 Å². The van der Waals surface area contributed by atoms with Gasteiger partial charge in [-0.25, -0.2) is 4.98 Å². The van der Waals surface area contributed by atoms with Gasteiger partial charge in [-0.2, -0.15) is 0 Å². The predicted octanol–water partition coefficient (Wildman–Crippen LogP) is 4.43. The number of aromatic nitrogens is 1. The summed E-state index contributed by atoms with van der Waals surface area (Å²) in [6, 6.07) is 10.2. The zero-order valence-corrected chi connectivity index (χ0v) is 11.5. The SMILES string of the molecule is Cc1cc(-c2nc(-c3cccs3)cs2)ccc1N. The van der Waals surface area contributed by atoms with Crippen LogP contribution < -0.4 is 5.73 Å². The fourth-order valence-electron chi connectivity index (χ4n) is 1.75. The molecule has 0 atom stereocenters. The van der Waals surface area contributed by atoms with E-state index < -0.39 is 0 Å². The van der Waals surface area contributed by atoms with Gasteiger partial charge in [-0.3, -0.25) is 0 Å². The van der Waals surface area contributed by atoms with Crippen molar-refractivity contribution in [2.45, 2.75) is 6.92 Å². The Hall–Kier alpha value is -1.65. The Labute approximate surface area is 114 Å². The maximum Gasteiger partial charge on any atom is 0.124 e. The summed E-state index contributed by atoms with van der Waals surface area (Å²) in [5.41, 5.74) is 9.95. The summed E-state index contributed by atoms with van der Waals surface area (Å²) in [6.45, 7) is 2.02. The summed E-state index contributed by atoms with van der Waals surface area (Å²) < 4.78 is 0. The van der Waals surface area contributed by atoms with Gasteiger partial charge in [0.25, 0.3) is 0 Å². The molecule has 90 valence electrons. The van der Waals surface area contributed by atoms with Gasteiger partial charge >= 0.3 is 0 Å². The van der Waals surface area contributed by atoms with Crippen LogP contribution in [0.1, 0.15) is 5.56 Å². The lowest BCUT2D eigenvalue weighted by atomic mass is 10.1. The fourth-order valence-corrected chi connectivity index (χ4v) is 3.33. The minimum absolute atomic E-state index is 0.828. The van der Waals surface area contributed by atoms with Crippen LogP contribution in [-0.2, 0) is 0 Å². The second-order valence-corrected chi connectivity index (χ2v) is 5.89. The minimum Gasteiger partial charge on any atom is -0.399 e. The number of nitrogen functional groups attached to an aromatic ring is 1. The van der Waals surface area contributed by atoms with Gasteiger partial charge in [0.15, 0.2) is 0 Å². The number of aryl methyl sites for hydroxylation is 1. The van der Waals surface area contributed by atoms with Crippen molar-refractivity contribution in [2.24, 2.45) is 0 Å². The highest BCUT2D eigenvalue weighted by molar-refractivity contribution is 7.15. The molecule has 2 heterocycles. The van der Waals surface area contributed by atoms with Crippen LogP contribution in [-0.4, -0.2) is 4.98 Å². The van der Waals surface area contributed by atoms with Crippen LogP contribution in [0.15, 0.2) is 41.1 Å². The summed E-state index contributed by atoms with van der Waals surface area (Å²) in [6.07, 6.45) is 0. The van der Waals surface area contributed by atoms with Gasteiger partial charge in [0.2, 0.25) is 0 Å². The van der Waals surface area contributed by atoms with E-state index in [0.717, 1.165) is 27.5 Å². The van der Waals surface area contributed by atoms with Crippen LogP contribution in [0.25, 0.3) is 21.1 Å². The molecule has 3 rings (SSSR count). The van der Waals surface area contributed by atoms with E-state index >= 15 is 0 Å². The summed E-state index contributed by atoms with van der Waals surface area (Å²) in [5, 5.41) is 5.22. The molecule has 0 bridgehead atoms. The Morgan fingerprint density at radius 3 is 2.78 bits per heavy atom. The van der Waals surface area contributed by atoms with Crippen LogP contribution in [0.3, 0.4) is 0 Å². The maximum absolute atomic E-state index is 5.83. The summed E-state index contributed by atoms with van der Waals surface area (Å²) in [5.74, 6) is 0. The number of thiazole rings is 1. The molecule has 2 aromatic heterocycles. The van der Waals surface area contributed by atoms with Gasteiger partial charge in [0.05, 0.1) is 10.6 Å². The van der Waals surface area contributed by atoms with E-state index in [4.69, 9.17) is 5.73 Å². The standard InChI is InChI=1S/C14H12N2S2/c1-9-7-10(4-5-11(9)15)14-16-12(8-18-14)13-3-2-6-17-13/h2-8H,15H2,1H3. The van der Waals surface area contributed by atoms with Gasteiger partial charge in [0.1, 0.15) is 5.01 Å². The zero-order valence-electron chi connectivity index (χ0n) is 9.88. The molecule has 0 amide bonds. The number of hydrogen-bond acceptors (Lipinski definition) is 4. The van der Waals surface area contributed by atoms with Crippen LogP contribution in [0, 0.1) is 6.92 Å². The Morgan fingerprint density at radius 1 is 1.17 bits per heavy atom. The van der Waals surface area contributed by atoms with Crippen LogP contribution in [0.5, 0.6) is 0 Å². The summed E-state index contributed by atoms with van der Waals surface area (Å²) in [7, 11) is 0. The smallest absolute Gasteiger partial charge is 0.124 e. The van der Waals surface area contributed by atoms with Gasteiger partial charge in [0, 0.05) is 16.6 Å². The molecule has 18 heavy (non-hydrogen) atoms. The molecule has 0 aliphatic carbocycles. The number of anilines is 1. The van der Waals surface area contributed by atoms with Gasteiger partial charge < -0.3 is 5.73 Å². The molecule has 0 unspecified atom stereocenters. The minimum atomic E-state index is 0.828. The van der Waals surface area contributed by atoms with Crippen molar-refractivity contribution >= 4 is 28.4 Å². The molecular formula is C14H12N2S2. The third-order valence-electron chi connectivity index (χ3n) is 2.79. The first kappa shape index (κ1) is 11.4. The van der Waals surface area contributed by atoms with Crippen molar-refractivity contribution in [3.63, 3.8) is 0 Å². The van der Waals surface area contributed by atoms with Crippen molar-refractivity contribution < 1.29 is 0 Å². The Kier molecular flexibility index (Phi) is 2.89. The first-order valence-electron chi connectivity index (χ1n) is 5.60. The zero-order chi connectivity index (χ0) is 12.5. The van der Waals surface area contributed by atoms with Crippen LogP contribution in [0.2, 0.25) is 0 Å². The van der Waals surface area contributed by atoms with E-state index in [-0.39, 0.29) is 0 Å². The lowest BCUT2D eigenvalue weighted by molar-refractivity contribution is 1.40. The number of nitrogens with zero attached hydrogens (tertiary/aromatic N) is 1. The van der Waals surface area contributed by atoms with Crippen molar-refractivity contribution in [1.29, 1.82) is 0 Å². The van der Waals surface area contributed by atoms with E-state index in [1.807, 2.05) is 25.1 Å². The van der Waals surface area contributed by atoms with Gasteiger partial charge in [-0.05, 0) is 42.1 Å². The second-order valence-electron chi connectivity index (χ2n) is 4.09. The summed E-state index contributed by atoms with van der Waals surface area (Å²) >= 11 is 3.38. The number of nitrogens with two attached hydrogens (primary N) is 1. The molecule has 0 aliphatic heterocycles. The Morgan fingerprint density at radius 2 is 2.06 bits per heavy atom. The van der Waals surface area contributed by atoms with E-state index in [0.29, 0.717) is 0 Å². The molecule has 1 aromatic carbocycles. The first-order valence-corrected chi connectivity index (χ1v) is 7.36. The fraction of sp³-hybridized carbons (Fsp3) is 0.0714. The number of thiophene rings is 1. The molecule has 0 aliphatic rings. The molecule has 2 nitrogen and oxygen atoms in total. The average Bonchev–Trinajstić information content (AvgIpc) is 3.01. The van der Waals surface area contributed by atoms with Crippen LogP contribution in [0.4, 0.5) is 5.69 Å². The topological polar surface area (TPSA) is 38.9 Å². The van der Waals surface area contributed by atoms with Crippen molar-refractivity contribution in [2.75, 3.05) is 5.73 Å². The Balaban J connectivity index is 2.00. The van der Waals surface area contributed by atoms with Crippen molar-refractivity contribution in [1.82, 2.24) is 4.98 Å². The lowest BCUT2D eigenvalue weighted by Gasteiger charge is -2.01. The molecule has 4 heteroatoms. The largest absolute Gasteiger partial charge is 0.399 e. The quantitative estimate of drug-likeness (QED) is 0.701. The highest BCUT2D eigenvalue weighted by atomic mass is 32.1. The molecule has 0 radical (unpaired) electrons. The second kappa shape index (κ2) is 4.55. The molecular weight excluding hydrogens is 260 g/mol. The molecule has 0 saturated carbocycles. The van der Waals surface area contributed by atoms with E-state index in [9.17, 15) is 0 Å². The molecule has 3 aromatic rings. The maximum atomic E-state index is 5.83. The van der Waals surface area contributed by atoms with Crippen LogP contribution >= 0.6 is 22.7 Å². The lowest BCUT2D eigenvalue weighted by Crippen LogP contribution is -1.89. The number of benzene rings is 1.